The molecule has 0 saturated heterocycles. The molecule has 0 radical (unpaired) electrons. The van der Waals surface area contributed by atoms with E-state index in [1.807, 2.05) is 0 Å². The van der Waals surface area contributed by atoms with Crippen molar-refractivity contribution in [1.29, 1.82) is 0 Å². The van der Waals surface area contributed by atoms with Gasteiger partial charge in [-0.25, -0.2) is 13.1 Å². The van der Waals surface area contributed by atoms with Crippen molar-refractivity contribution in [3.8, 4) is 5.69 Å². The summed E-state index contributed by atoms with van der Waals surface area (Å²) in [6.45, 7) is 1.78. The van der Waals surface area contributed by atoms with Crippen LogP contribution >= 0.6 is 23.2 Å². The number of aromatic nitrogens is 2. The summed E-state index contributed by atoms with van der Waals surface area (Å²) in [5.41, 5.74) is 0.874. The molecule has 1 heterocycles. The fourth-order valence-corrected chi connectivity index (χ4v) is 3.81. The van der Waals surface area contributed by atoms with Crippen LogP contribution in [0.2, 0.25) is 5.02 Å². The Labute approximate surface area is 133 Å². The van der Waals surface area contributed by atoms with Gasteiger partial charge in [-0.3, -0.25) is 4.72 Å². The van der Waals surface area contributed by atoms with Crippen LogP contribution in [0.4, 0.5) is 5.69 Å². The van der Waals surface area contributed by atoms with Crippen molar-refractivity contribution >= 4 is 38.9 Å². The Morgan fingerprint density at radius 3 is 2.76 bits per heavy atom. The fraction of sp³-hybridized carbons (Fsp3) is 0.308. The Kier molecular flexibility index (Phi) is 5.13. The number of nitrogens with zero attached hydrogens (tertiary/aromatic N) is 2. The second-order valence-corrected chi connectivity index (χ2v) is 7.21. The average Bonchev–Trinajstić information content (AvgIpc) is 2.91. The molecule has 1 unspecified atom stereocenters. The van der Waals surface area contributed by atoms with Crippen molar-refractivity contribution in [1.82, 2.24) is 9.78 Å². The van der Waals surface area contributed by atoms with E-state index in [0.717, 1.165) is 0 Å². The number of benzene rings is 1. The van der Waals surface area contributed by atoms with Gasteiger partial charge in [0.25, 0.3) is 0 Å². The third kappa shape index (κ3) is 4.12. The van der Waals surface area contributed by atoms with E-state index >= 15 is 0 Å². The smallest absolute Gasteiger partial charge is 0.233 e. The normalized spacial score (nSPS) is 13.1. The van der Waals surface area contributed by atoms with Crippen LogP contribution in [0.1, 0.15) is 6.92 Å². The summed E-state index contributed by atoms with van der Waals surface area (Å²) in [6, 6.07) is 6.74. The zero-order valence-corrected chi connectivity index (χ0v) is 13.7. The van der Waals surface area contributed by atoms with Crippen molar-refractivity contribution < 1.29 is 8.42 Å². The molecule has 0 aliphatic heterocycles. The summed E-state index contributed by atoms with van der Waals surface area (Å²) in [6.07, 6.45) is 3.29. The second-order valence-electron chi connectivity index (χ2n) is 4.73. The summed E-state index contributed by atoms with van der Waals surface area (Å²) < 4.78 is 28.4. The van der Waals surface area contributed by atoms with Gasteiger partial charge in [0.2, 0.25) is 10.0 Å². The topological polar surface area (TPSA) is 64.0 Å². The first-order valence-corrected chi connectivity index (χ1v) is 8.84. The maximum absolute atomic E-state index is 12.2. The maximum Gasteiger partial charge on any atom is 0.233 e. The predicted octanol–water partition coefficient (Wildman–Crippen LogP) is 3.14. The molecule has 1 N–H and O–H groups in total. The zero-order valence-electron chi connectivity index (χ0n) is 11.3. The number of nitrogens with one attached hydrogen (secondary N) is 1. The third-order valence-electron chi connectivity index (χ3n) is 2.75. The van der Waals surface area contributed by atoms with E-state index in [2.05, 4.69) is 9.82 Å². The SMILES string of the molecule is CC(CCl)CS(=O)(=O)Nc1cccc(Cl)c1-n1cccn1. The van der Waals surface area contributed by atoms with Crippen LogP contribution in [-0.4, -0.2) is 29.8 Å². The second kappa shape index (κ2) is 6.68. The average molecular weight is 348 g/mol. The molecule has 0 saturated carbocycles. The van der Waals surface area contributed by atoms with Gasteiger partial charge in [0.05, 0.1) is 16.5 Å². The van der Waals surface area contributed by atoms with Gasteiger partial charge in [0.15, 0.2) is 0 Å². The predicted molar refractivity (Wildman–Crippen MR) is 85.9 cm³/mol. The van der Waals surface area contributed by atoms with Crippen LogP contribution < -0.4 is 4.72 Å². The Balaban J connectivity index is 2.35. The lowest BCUT2D eigenvalue weighted by molar-refractivity contribution is 0.588. The largest absolute Gasteiger partial charge is 0.281 e. The molecule has 0 aliphatic carbocycles. The summed E-state index contributed by atoms with van der Waals surface area (Å²) in [5.74, 6) is 0.0841. The van der Waals surface area contributed by atoms with Gasteiger partial charge in [-0.15, -0.1) is 11.6 Å². The Bertz CT molecular complexity index is 702. The minimum Gasteiger partial charge on any atom is -0.281 e. The highest BCUT2D eigenvalue weighted by atomic mass is 35.5. The van der Waals surface area contributed by atoms with Crippen LogP contribution in [-0.2, 0) is 10.0 Å². The van der Waals surface area contributed by atoms with E-state index in [0.29, 0.717) is 16.4 Å². The van der Waals surface area contributed by atoms with Crippen LogP contribution in [0, 0.1) is 5.92 Å². The molecule has 0 fully saturated rings. The lowest BCUT2D eigenvalue weighted by Gasteiger charge is -2.15. The molecule has 21 heavy (non-hydrogen) atoms. The van der Waals surface area contributed by atoms with Gasteiger partial charge in [-0.2, -0.15) is 5.10 Å². The molecule has 8 heteroatoms. The van der Waals surface area contributed by atoms with E-state index in [4.69, 9.17) is 23.2 Å². The Morgan fingerprint density at radius 2 is 2.14 bits per heavy atom. The van der Waals surface area contributed by atoms with Crippen LogP contribution in [0.3, 0.4) is 0 Å². The third-order valence-corrected chi connectivity index (χ3v) is 5.12. The highest BCUT2D eigenvalue weighted by Gasteiger charge is 2.18. The van der Waals surface area contributed by atoms with E-state index in [1.54, 1.807) is 43.6 Å². The number of anilines is 1. The molecule has 0 spiro atoms. The van der Waals surface area contributed by atoms with Crippen LogP contribution in [0.5, 0.6) is 0 Å². The van der Waals surface area contributed by atoms with Crippen LogP contribution in [0.25, 0.3) is 5.69 Å². The van der Waals surface area contributed by atoms with Gasteiger partial charge >= 0.3 is 0 Å². The number of sulfonamides is 1. The van der Waals surface area contributed by atoms with Crippen molar-refractivity contribution in [2.24, 2.45) is 5.92 Å². The number of alkyl halides is 1. The van der Waals surface area contributed by atoms with E-state index < -0.39 is 10.0 Å². The molecule has 2 rings (SSSR count). The summed E-state index contributed by atoms with van der Waals surface area (Å²) in [5, 5.41) is 4.50. The van der Waals surface area contributed by atoms with E-state index in [-0.39, 0.29) is 17.6 Å². The first kappa shape index (κ1) is 16.1. The molecule has 0 aliphatic rings. The lowest BCUT2D eigenvalue weighted by atomic mass is 10.3. The number of halogens is 2. The molecule has 5 nitrogen and oxygen atoms in total. The molecule has 1 aromatic heterocycles. The Hall–Kier alpha value is -1.24. The molecule has 114 valence electrons. The highest BCUT2D eigenvalue weighted by Crippen LogP contribution is 2.28. The van der Waals surface area contributed by atoms with Gasteiger partial charge in [0, 0.05) is 18.3 Å². The van der Waals surface area contributed by atoms with Gasteiger partial charge < -0.3 is 0 Å². The van der Waals surface area contributed by atoms with Crippen LogP contribution in [0.15, 0.2) is 36.7 Å². The molecule has 0 amide bonds. The molecule has 1 aromatic carbocycles. The number of hydrogen-bond donors (Lipinski definition) is 1. The molecule has 0 bridgehead atoms. The minimum absolute atomic E-state index is 0.0540. The number of rotatable bonds is 6. The van der Waals surface area contributed by atoms with E-state index in [9.17, 15) is 8.42 Å². The van der Waals surface area contributed by atoms with Crippen molar-refractivity contribution in [2.45, 2.75) is 6.92 Å². The Morgan fingerprint density at radius 1 is 1.38 bits per heavy atom. The number of hydrogen-bond acceptors (Lipinski definition) is 3. The molecule has 2 aromatic rings. The van der Waals surface area contributed by atoms with Gasteiger partial charge in [-0.05, 0) is 24.1 Å². The lowest BCUT2D eigenvalue weighted by Crippen LogP contribution is -2.23. The van der Waals surface area contributed by atoms with Gasteiger partial charge in [-0.1, -0.05) is 24.6 Å². The summed E-state index contributed by atoms with van der Waals surface area (Å²) >= 11 is 11.8. The van der Waals surface area contributed by atoms with Crippen molar-refractivity contribution in [3.63, 3.8) is 0 Å². The zero-order chi connectivity index (χ0) is 15.5. The first-order chi connectivity index (χ1) is 9.93. The minimum atomic E-state index is -3.51. The molecule has 1 atom stereocenters. The highest BCUT2D eigenvalue weighted by molar-refractivity contribution is 7.92. The standard InChI is InChI=1S/C13H15Cl2N3O2S/c1-10(8-14)9-21(19,20)17-12-5-2-4-11(15)13(12)18-7-3-6-16-18/h2-7,10,17H,8-9H2,1H3. The molecular weight excluding hydrogens is 333 g/mol. The fourth-order valence-electron chi connectivity index (χ4n) is 1.86. The quantitative estimate of drug-likeness (QED) is 0.816. The first-order valence-electron chi connectivity index (χ1n) is 6.28. The molecular formula is C13H15Cl2N3O2S. The van der Waals surface area contributed by atoms with Crippen molar-refractivity contribution in [2.75, 3.05) is 16.4 Å². The van der Waals surface area contributed by atoms with Gasteiger partial charge in [0.1, 0.15) is 5.69 Å². The maximum atomic E-state index is 12.2. The monoisotopic (exact) mass is 347 g/mol. The van der Waals surface area contributed by atoms with Crippen molar-refractivity contribution in [3.05, 3.63) is 41.7 Å². The van der Waals surface area contributed by atoms with E-state index in [1.165, 1.54) is 4.68 Å². The summed E-state index contributed by atoms with van der Waals surface area (Å²) in [7, 11) is -3.51. The number of para-hydroxylation sites is 1. The summed E-state index contributed by atoms with van der Waals surface area (Å²) in [4.78, 5) is 0.